The highest BCUT2D eigenvalue weighted by molar-refractivity contribution is 6.05. The Balaban J connectivity index is 2.36. The van der Waals surface area contributed by atoms with E-state index in [1.165, 1.54) is 29.6 Å². The summed E-state index contributed by atoms with van der Waals surface area (Å²) in [7, 11) is 1.47. The van der Waals surface area contributed by atoms with E-state index >= 15 is 0 Å². The number of ether oxygens (including phenoxy) is 1. The molecule has 10 nitrogen and oxygen atoms in total. The zero-order chi connectivity index (χ0) is 23.0. The highest BCUT2D eigenvalue weighted by Gasteiger charge is 2.22. The number of benzene rings is 1. The van der Waals surface area contributed by atoms with Gasteiger partial charge in [0, 0.05) is 38.9 Å². The van der Waals surface area contributed by atoms with Gasteiger partial charge in [-0.3, -0.25) is 28.8 Å². The lowest BCUT2D eigenvalue weighted by atomic mass is 10.2. The number of anilines is 3. The van der Waals surface area contributed by atoms with Crippen molar-refractivity contribution in [1.82, 2.24) is 9.55 Å². The monoisotopic (exact) mass is 429 g/mol. The van der Waals surface area contributed by atoms with Crippen LogP contribution in [0.15, 0.2) is 39.9 Å². The van der Waals surface area contributed by atoms with Crippen LogP contribution in [0, 0.1) is 0 Å². The number of H-pyrrole nitrogens is 1. The smallest absolute Gasteiger partial charge is 0.330 e. The Morgan fingerprint density at radius 1 is 1.26 bits per heavy atom. The molecule has 1 aromatic heterocycles. The fourth-order valence-corrected chi connectivity index (χ4v) is 2.94. The van der Waals surface area contributed by atoms with Gasteiger partial charge >= 0.3 is 5.69 Å². The fraction of sp³-hybridized carbons (Fsp3) is 0.333. The van der Waals surface area contributed by atoms with Crippen molar-refractivity contribution in [3.63, 3.8) is 0 Å². The van der Waals surface area contributed by atoms with Gasteiger partial charge in [-0.1, -0.05) is 19.1 Å². The molecule has 2 amide bonds. The minimum atomic E-state index is -0.743. The largest absolute Gasteiger partial charge is 0.383 e. The van der Waals surface area contributed by atoms with Crippen molar-refractivity contribution in [1.29, 1.82) is 0 Å². The van der Waals surface area contributed by atoms with Crippen LogP contribution in [0.25, 0.3) is 6.08 Å². The normalized spacial score (nSPS) is 10.9. The Labute approximate surface area is 179 Å². The van der Waals surface area contributed by atoms with Crippen molar-refractivity contribution >= 4 is 35.1 Å². The first kappa shape index (κ1) is 23.6. The maximum absolute atomic E-state index is 12.9. The lowest BCUT2D eigenvalue weighted by Crippen LogP contribution is -2.42. The minimum Gasteiger partial charge on any atom is -0.383 e. The molecule has 0 aliphatic rings. The zero-order valence-electron chi connectivity index (χ0n) is 17.8. The number of carbonyl (C=O) groups is 2. The number of hydrogen-bond acceptors (Lipinski definition) is 6. The summed E-state index contributed by atoms with van der Waals surface area (Å²) in [6.07, 6.45) is 3.50. The number of aromatic amines is 1. The lowest BCUT2D eigenvalue weighted by Gasteiger charge is -2.23. The maximum atomic E-state index is 12.9. The molecule has 0 saturated carbocycles. The molecule has 0 radical (unpaired) electrons. The second-order valence-electron chi connectivity index (χ2n) is 6.76. The average molecular weight is 429 g/mol. The van der Waals surface area contributed by atoms with Crippen LogP contribution in [0.3, 0.4) is 0 Å². The van der Waals surface area contributed by atoms with E-state index in [-0.39, 0.29) is 30.6 Å². The summed E-state index contributed by atoms with van der Waals surface area (Å²) in [5.74, 6) is -0.755. The van der Waals surface area contributed by atoms with Crippen LogP contribution in [0.5, 0.6) is 0 Å². The quantitative estimate of drug-likeness (QED) is 0.512. The van der Waals surface area contributed by atoms with E-state index < -0.39 is 17.2 Å². The third kappa shape index (κ3) is 6.16. The van der Waals surface area contributed by atoms with Gasteiger partial charge in [-0.15, -0.1) is 0 Å². The topological polar surface area (TPSA) is 140 Å². The van der Waals surface area contributed by atoms with E-state index in [0.717, 1.165) is 0 Å². The molecule has 166 valence electrons. The predicted octanol–water partition coefficient (Wildman–Crippen LogP) is 1.18. The lowest BCUT2D eigenvalue weighted by molar-refractivity contribution is -0.115. The molecule has 0 saturated heterocycles. The molecule has 10 heteroatoms. The standard InChI is InChI=1S/C21H27N5O5/c1-4-11-26-19(22)18(20(29)24-21(26)30)25(12-13-31-3)17(28)10-7-15-5-8-16(9-6-15)23-14(2)27/h5-10H,4,11-13,22H2,1-3H3,(H,23,27)(H,24,29,30)/b10-7+. The number of nitrogen functional groups attached to an aromatic ring is 1. The molecule has 31 heavy (non-hydrogen) atoms. The van der Waals surface area contributed by atoms with Crippen LogP contribution < -0.4 is 27.2 Å². The molecule has 2 aromatic rings. The summed E-state index contributed by atoms with van der Waals surface area (Å²) < 4.78 is 6.29. The summed E-state index contributed by atoms with van der Waals surface area (Å²) in [6.45, 7) is 3.81. The Kier molecular flexibility index (Phi) is 8.33. The Hall–Kier alpha value is -3.66. The second-order valence-corrected chi connectivity index (χ2v) is 6.76. The van der Waals surface area contributed by atoms with Gasteiger partial charge in [-0.2, -0.15) is 0 Å². The third-order valence-electron chi connectivity index (χ3n) is 4.37. The van der Waals surface area contributed by atoms with Crippen LogP contribution >= 0.6 is 0 Å². The molecule has 0 unspecified atom stereocenters. The van der Waals surface area contributed by atoms with Crippen molar-refractivity contribution < 1.29 is 14.3 Å². The molecule has 0 spiro atoms. The number of nitrogens with zero attached hydrogens (tertiary/aromatic N) is 2. The summed E-state index contributed by atoms with van der Waals surface area (Å²) in [6, 6.07) is 6.88. The maximum Gasteiger partial charge on any atom is 0.330 e. The van der Waals surface area contributed by atoms with E-state index in [1.807, 2.05) is 6.92 Å². The van der Waals surface area contributed by atoms with Crippen LogP contribution in [0.4, 0.5) is 17.2 Å². The molecule has 0 bridgehead atoms. The van der Waals surface area contributed by atoms with Gasteiger partial charge in [-0.05, 0) is 30.2 Å². The van der Waals surface area contributed by atoms with Crippen molar-refractivity contribution in [2.75, 3.05) is 36.2 Å². The molecular weight excluding hydrogens is 402 g/mol. The van der Waals surface area contributed by atoms with Crippen molar-refractivity contribution in [3.8, 4) is 0 Å². The van der Waals surface area contributed by atoms with Crippen LogP contribution in [0.2, 0.25) is 0 Å². The number of nitrogens with one attached hydrogen (secondary N) is 2. The molecule has 0 atom stereocenters. The highest BCUT2D eigenvalue weighted by Crippen LogP contribution is 2.18. The van der Waals surface area contributed by atoms with Gasteiger partial charge in [0.1, 0.15) is 5.82 Å². The van der Waals surface area contributed by atoms with Crippen molar-refractivity contribution in [2.45, 2.75) is 26.8 Å². The van der Waals surface area contributed by atoms with Crippen molar-refractivity contribution in [3.05, 3.63) is 56.7 Å². The number of aromatic nitrogens is 2. The molecule has 0 fully saturated rings. The number of carbonyl (C=O) groups excluding carboxylic acids is 2. The third-order valence-corrected chi connectivity index (χ3v) is 4.37. The first-order valence-electron chi connectivity index (χ1n) is 9.77. The van der Waals surface area contributed by atoms with Crippen LogP contribution in [0.1, 0.15) is 25.8 Å². The first-order chi connectivity index (χ1) is 14.8. The molecule has 2 rings (SSSR count). The van der Waals surface area contributed by atoms with E-state index in [2.05, 4.69) is 10.3 Å². The number of methoxy groups -OCH3 is 1. The number of amides is 2. The van der Waals surface area contributed by atoms with Gasteiger partial charge in [0.2, 0.25) is 5.91 Å². The Bertz CT molecular complexity index is 1070. The SMILES string of the molecule is CCCn1c(N)c(N(CCOC)C(=O)/C=C/c2ccc(NC(C)=O)cc2)c(=O)[nH]c1=O. The first-order valence-corrected chi connectivity index (χ1v) is 9.77. The summed E-state index contributed by atoms with van der Waals surface area (Å²) in [4.78, 5) is 52.0. The van der Waals surface area contributed by atoms with E-state index in [0.29, 0.717) is 24.2 Å². The predicted molar refractivity (Wildman–Crippen MR) is 120 cm³/mol. The van der Waals surface area contributed by atoms with Gasteiger partial charge in [0.25, 0.3) is 11.5 Å². The average Bonchev–Trinajstić information content (AvgIpc) is 2.72. The van der Waals surface area contributed by atoms with Gasteiger partial charge in [-0.25, -0.2) is 4.79 Å². The molecule has 1 heterocycles. The molecule has 4 N–H and O–H groups in total. The van der Waals surface area contributed by atoms with E-state index in [1.54, 1.807) is 30.3 Å². The summed E-state index contributed by atoms with van der Waals surface area (Å²) >= 11 is 0. The van der Waals surface area contributed by atoms with Crippen molar-refractivity contribution in [2.24, 2.45) is 0 Å². The van der Waals surface area contributed by atoms with Crippen LogP contribution in [-0.4, -0.2) is 41.6 Å². The zero-order valence-corrected chi connectivity index (χ0v) is 17.8. The van der Waals surface area contributed by atoms with Crippen LogP contribution in [-0.2, 0) is 20.9 Å². The highest BCUT2D eigenvalue weighted by atomic mass is 16.5. The minimum absolute atomic E-state index is 0.0682. The Morgan fingerprint density at radius 2 is 1.94 bits per heavy atom. The van der Waals surface area contributed by atoms with E-state index in [4.69, 9.17) is 10.5 Å². The Morgan fingerprint density at radius 3 is 2.52 bits per heavy atom. The number of hydrogen-bond donors (Lipinski definition) is 3. The van der Waals surface area contributed by atoms with Gasteiger partial charge in [0.15, 0.2) is 5.69 Å². The number of nitrogens with two attached hydrogens (primary N) is 1. The van der Waals surface area contributed by atoms with Gasteiger partial charge in [0.05, 0.1) is 6.61 Å². The molecular formula is C21H27N5O5. The fourth-order valence-electron chi connectivity index (χ4n) is 2.94. The molecule has 0 aliphatic carbocycles. The molecule has 0 aliphatic heterocycles. The number of rotatable bonds is 9. The second kappa shape index (κ2) is 10.9. The van der Waals surface area contributed by atoms with Gasteiger partial charge < -0.3 is 15.8 Å². The molecule has 1 aromatic carbocycles. The summed E-state index contributed by atoms with van der Waals surface area (Å²) in [5, 5.41) is 2.66. The van der Waals surface area contributed by atoms with E-state index in [9.17, 15) is 19.2 Å². The summed E-state index contributed by atoms with van der Waals surface area (Å²) in [5.41, 5.74) is 5.98.